The minimum atomic E-state index is -4.60. The highest BCUT2D eigenvalue weighted by molar-refractivity contribution is 7.85. The van der Waals surface area contributed by atoms with Gasteiger partial charge in [-0.15, -0.1) is 0 Å². The number of unbranched alkanes of at least 4 members (excludes halogenated alkanes) is 21. The smallest absolute Gasteiger partial charge is 0.306 e. The van der Waals surface area contributed by atoms with Gasteiger partial charge in [-0.1, -0.05) is 154 Å². The fourth-order valence-electron chi connectivity index (χ4n) is 6.52. The van der Waals surface area contributed by atoms with Crippen LogP contribution in [0.25, 0.3) is 0 Å². The predicted molar refractivity (Wildman–Crippen MR) is 210 cm³/mol. The van der Waals surface area contributed by atoms with E-state index in [0.717, 1.165) is 32.1 Å². The van der Waals surface area contributed by atoms with Gasteiger partial charge in [-0.2, -0.15) is 8.42 Å². The van der Waals surface area contributed by atoms with Crippen molar-refractivity contribution in [1.82, 2.24) is 0 Å². The summed E-state index contributed by atoms with van der Waals surface area (Å²) in [6.45, 7) is 3.71. The molecule has 1 rings (SSSR count). The number of rotatable bonds is 35. The standard InChI is InChI=1S/C41H76O12S/c1-3-5-7-9-11-13-15-16-17-18-20-21-23-25-27-29-36(42)50-31-34(52-37(43)30-28-26-24-22-19-14-12-10-8-6-4-2)32-51-41-40(46)39(45)38(44)35(53-41)33-54(47,48)49/h23,25,34-35,38-41,44-46H,3-22,24,26-33H2,1-2H3,(H,47,48,49)/b25-23+/t34-,35-,38-,39?,40?,41+/m1/s1. The van der Waals surface area contributed by atoms with Crippen molar-refractivity contribution in [3.8, 4) is 0 Å². The number of ether oxygens (including phenoxy) is 4. The quantitative estimate of drug-likeness (QED) is 0.0211. The third-order valence-electron chi connectivity index (χ3n) is 9.86. The molecule has 6 atom stereocenters. The van der Waals surface area contributed by atoms with Gasteiger partial charge in [0.1, 0.15) is 36.8 Å². The second-order valence-electron chi connectivity index (χ2n) is 15.0. The van der Waals surface area contributed by atoms with E-state index >= 15 is 0 Å². The fourth-order valence-corrected chi connectivity index (χ4v) is 7.21. The van der Waals surface area contributed by atoms with E-state index in [1.807, 2.05) is 6.08 Å². The van der Waals surface area contributed by atoms with Crippen LogP contribution in [-0.4, -0.2) is 96.0 Å². The van der Waals surface area contributed by atoms with Crippen molar-refractivity contribution in [2.75, 3.05) is 19.0 Å². The molecule has 0 aromatic heterocycles. The number of esters is 2. The van der Waals surface area contributed by atoms with Crippen LogP contribution < -0.4 is 0 Å². The molecule has 0 radical (unpaired) electrons. The first-order valence-corrected chi connectivity index (χ1v) is 22.9. The number of carbonyl (C=O) groups is 2. The molecule has 1 saturated heterocycles. The summed E-state index contributed by atoms with van der Waals surface area (Å²) in [5.41, 5.74) is 0. The third-order valence-corrected chi connectivity index (χ3v) is 10.6. The summed E-state index contributed by atoms with van der Waals surface area (Å²) in [4.78, 5) is 25.3. The highest BCUT2D eigenvalue weighted by atomic mass is 32.2. The summed E-state index contributed by atoms with van der Waals surface area (Å²) < 4.78 is 53.8. The highest BCUT2D eigenvalue weighted by Crippen LogP contribution is 2.24. The van der Waals surface area contributed by atoms with Crippen LogP contribution in [0.1, 0.15) is 181 Å². The Balaban J connectivity index is 2.49. The zero-order valence-corrected chi connectivity index (χ0v) is 34.4. The maximum absolute atomic E-state index is 12.7. The molecule has 0 aromatic rings. The molecule has 0 aromatic carbocycles. The molecule has 54 heavy (non-hydrogen) atoms. The lowest BCUT2D eigenvalue weighted by Gasteiger charge is -2.40. The summed E-state index contributed by atoms with van der Waals surface area (Å²) in [5.74, 6) is -2.03. The van der Waals surface area contributed by atoms with Gasteiger partial charge in [-0.05, 0) is 25.7 Å². The van der Waals surface area contributed by atoms with Crippen LogP contribution in [0.15, 0.2) is 12.2 Å². The zero-order chi connectivity index (χ0) is 39.9. The van der Waals surface area contributed by atoms with Gasteiger partial charge in [0.05, 0.1) is 6.61 Å². The normalized spacial score (nSPS) is 21.0. The van der Waals surface area contributed by atoms with Crippen LogP contribution in [0.5, 0.6) is 0 Å². The van der Waals surface area contributed by atoms with Crippen molar-refractivity contribution in [2.45, 2.75) is 218 Å². The molecule has 4 N–H and O–H groups in total. The molecule has 0 saturated carbocycles. The van der Waals surface area contributed by atoms with Crippen LogP contribution in [-0.2, 0) is 38.7 Å². The van der Waals surface area contributed by atoms with Crippen LogP contribution in [0, 0.1) is 0 Å². The molecule has 0 aliphatic carbocycles. The maximum atomic E-state index is 12.7. The molecule has 1 fully saturated rings. The van der Waals surface area contributed by atoms with Crippen molar-refractivity contribution < 1.29 is 56.8 Å². The summed E-state index contributed by atoms with van der Waals surface area (Å²) in [5, 5.41) is 30.8. The van der Waals surface area contributed by atoms with E-state index in [2.05, 4.69) is 19.9 Å². The van der Waals surface area contributed by atoms with Gasteiger partial charge in [-0.25, -0.2) is 0 Å². The Labute approximate surface area is 326 Å². The molecule has 2 unspecified atom stereocenters. The number of aliphatic hydroxyl groups is 3. The number of allylic oxidation sites excluding steroid dienone is 2. The van der Waals surface area contributed by atoms with E-state index in [9.17, 15) is 37.9 Å². The fraction of sp³-hybridized carbons (Fsp3) is 0.902. The molecular formula is C41H76O12S. The number of carbonyl (C=O) groups excluding carboxylic acids is 2. The average molecular weight is 793 g/mol. The Morgan fingerprint density at radius 3 is 1.61 bits per heavy atom. The average Bonchev–Trinajstić information content (AvgIpc) is 3.13. The van der Waals surface area contributed by atoms with Gasteiger partial charge in [0.25, 0.3) is 10.1 Å². The molecule has 1 aliphatic rings. The van der Waals surface area contributed by atoms with Gasteiger partial charge in [-0.3, -0.25) is 14.1 Å². The van der Waals surface area contributed by atoms with E-state index in [0.29, 0.717) is 12.8 Å². The SMILES string of the molecule is CCCCCCCCCCCCC/C=C/CCC(=O)OC[C@H](CO[C@H]1O[C@H](CS(=O)(=O)O)[C@@H](O)C(O)C1O)OC(=O)CCCCCCCCCCCCC. The van der Waals surface area contributed by atoms with Gasteiger partial charge >= 0.3 is 11.9 Å². The topological polar surface area (TPSA) is 186 Å². The predicted octanol–water partition coefficient (Wildman–Crippen LogP) is 7.89. The summed E-state index contributed by atoms with van der Waals surface area (Å²) in [6, 6.07) is 0. The lowest BCUT2D eigenvalue weighted by molar-refractivity contribution is -0.297. The molecular weight excluding hydrogens is 717 g/mol. The molecule has 1 heterocycles. The van der Waals surface area contributed by atoms with Crippen molar-refractivity contribution >= 4 is 22.1 Å². The number of hydrogen-bond acceptors (Lipinski definition) is 11. The van der Waals surface area contributed by atoms with Gasteiger partial charge in [0.15, 0.2) is 12.4 Å². The van der Waals surface area contributed by atoms with E-state index in [1.54, 1.807) is 0 Å². The molecule has 13 heteroatoms. The van der Waals surface area contributed by atoms with Crippen LogP contribution in [0.3, 0.4) is 0 Å². The van der Waals surface area contributed by atoms with Gasteiger partial charge < -0.3 is 34.3 Å². The third kappa shape index (κ3) is 27.1. The van der Waals surface area contributed by atoms with E-state index < -0.39 is 71.2 Å². The summed E-state index contributed by atoms with van der Waals surface area (Å²) in [7, 11) is -4.60. The first kappa shape index (κ1) is 50.4. The molecule has 318 valence electrons. The second kappa shape index (κ2) is 32.5. The zero-order valence-electron chi connectivity index (χ0n) is 33.6. The molecule has 0 amide bonds. The van der Waals surface area contributed by atoms with E-state index in [1.165, 1.54) is 109 Å². The number of hydrogen-bond donors (Lipinski definition) is 4. The Bertz CT molecular complexity index is 1070. The highest BCUT2D eigenvalue weighted by Gasteiger charge is 2.46. The Kier molecular flexibility index (Phi) is 30.3. The molecule has 0 spiro atoms. The summed E-state index contributed by atoms with van der Waals surface area (Å²) >= 11 is 0. The Morgan fingerprint density at radius 1 is 0.611 bits per heavy atom. The first-order chi connectivity index (χ1) is 26.0. The monoisotopic (exact) mass is 793 g/mol. The Hall–Kier alpha value is -1.61. The van der Waals surface area contributed by atoms with Crippen molar-refractivity contribution in [3.05, 3.63) is 12.2 Å². The summed E-state index contributed by atoms with van der Waals surface area (Å²) in [6.07, 6.45) is 22.8. The van der Waals surface area contributed by atoms with Crippen LogP contribution in [0.2, 0.25) is 0 Å². The second-order valence-corrected chi connectivity index (χ2v) is 16.5. The van der Waals surface area contributed by atoms with Crippen molar-refractivity contribution in [2.24, 2.45) is 0 Å². The molecule has 1 aliphatic heterocycles. The maximum Gasteiger partial charge on any atom is 0.306 e. The van der Waals surface area contributed by atoms with Crippen LogP contribution in [0.4, 0.5) is 0 Å². The lowest BCUT2D eigenvalue weighted by atomic mass is 10.00. The minimum Gasteiger partial charge on any atom is -0.462 e. The largest absolute Gasteiger partial charge is 0.462 e. The van der Waals surface area contributed by atoms with Gasteiger partial charge in [0, 0.05) is 12.8 Å². The van der Waals surface area contributed by atoms with Crippen molar-refractivity contribution in [3.63, 3.8) is 0 Å². The molecule has 0 bridgehead atoms. The minimum absolute atomic E-state index is 0.140. The van der Waals surface area contributed by atoms with Crippen LogP contribution >= 0.6 is 0 Å². The van der Waals surface area contributed by atoms with E-state index in [4.69, 9.17) is 18.9 Å². The Morgan fingerprint density at radius 2 is 1.09 bits per heavy atom. The lowest BCUT2D eigenvalue weighted by Crippen LogP contribution is -2.60. The van der Waals surface area contributed by atoms with Gasteiger partial charge in [0.2, 0.25) is 0 Å². The first-order valence-electron chi connectivity index (χ1n) is 21.2. The number of aliphatic hydroxyl groups excluding tert-OH is 3. The van der Waals surface area contributed by atoms with E-state index in [-0.39, 0.29) is 19.4 Å². The van der Waals surface area contributed by atoms with Crippen molar-refractivity contribution in [1.29, 1.82) is 0 Å². The molecule has 12 nitrogen and oxygen atoms in total.